The van der Waals surface area contributed by atoms with Crippen LogP contribution in [0.15, 0.2) is 22.7 Å². The predicted octanol–water partition coefficient (Wildman–Crippen LogP) is 3.72. The van der Waals surface area contributed by atoms with Gasteiger partial charge in [0.25, 0.3) is 0 Å². The van der Waals surface area contributed by atoms with Crippen LogP contribution in [0.25, 0.3) is 10.6 Å². The van der Waals surface area contributed by atoms with Gasteiger partial charge >= 0.3 is 5.97 Å². The lowest BCUT2D eigenvalue weighted by Gasteiger charge is -1.97. The molecule has 0 aliphatic carbocycles. The van der Waals surface area contributed by atoms with Gasteiger partial charge < -0.3 is 5.11 Å². The van der Waals surface area contributed by atoms with Crippen LogP contribution in [0, 0.1) is 12.7 Å². The van der Waals surface area contributed by atoms with E-state index < -0.39 is 5.97 Å². The highest BCUT2D eigenvalue weighted by Crippen LogP contribution is 2.30. The Labute approximate surface area is 109 Å². The number of nitrogens with zero attached hydrogens (tertiary/aromatic N) is 1. The molecule has 6 heteroatoms. The van der Waals surface area contributed by atoms with Crippen molar-refractivity contribution in [1.82, 2.24) is 4.98 Å². The summed E-state index contributed by atoms with van der Waals surface area (Å²) in [6.45, 7) is 1.62. The van der Waals surface area contributed by atoms with Crippen LogP contribution in [0.4, 0.5) is 4.39 Å². The predicted molar refractivity (Wildman–Crippen MR) is 66.9 cm³/mol. The van der Waals surface area contributed by atoms with Crippen LogP contribution in [0.2, 0.25) is 0 Å². The second-order valence-electron chi connectivity index (χ2n) is 3.40. The van der Waals surface area contributed by atoms with Gasteiger partial charge in [0, 0.05) is 10.0 Å². The number of thiazole rings is 1. The number of aromatic nitrogens is 1. The molecular weight excluding hydrogens is 309 g/mol. The second kappa shape index (κ2) is 4.54. The lowest BCUT2D eigenvalue weighted by atomic mass is 10.2. The first-order valence-corrected chi connectivity index (χ1v) is 6.25. The summed E-state index contributed by atoms with van der Waals surface area (Å²) in [5.74, 6) is -1.40. The average Bonchev–Trinajstić information content (AvgIpc) is 2.59. The van der Waals surface area contributed by atoms with Crippen molar-refractivity contribution in [3.63, 3.8) is 0 Å². The summed E-state index contributed by atoms with van der Waals surface area (Å²) in [5.41, 5.74) is 1.01. The SMILES string of the molecule is Cc1nc(-c2cc(F)cc(Br)c2)sc1C(=O)O. The van der Waals surface area contributed by atoms with Crippen molar-refractivity contribution >= 4 is 33.2 Å². The first kappa shape index (κ1) is 12.2. The highest BCUT2D eigenvalue weighted by atomic mass is 79.9. The molecule has 0 atom stereocenters. The van der Waals surface area contributed by atoms with E-state index in [9.17, 15) is 9.18 Å². The standard InChI is InChI=1S/C11H7BrFNO2S/c1-5-9(11(15)16)17-10(14-5)6-2-7(12)4-8(13)3-6/h2-4H,1H3,(H,15,16). The molecule has 17 heavy (non-hydrogen) atoms. The fourth-order valence-corrected chi connectivity index (χ4v) is 2.75. The van der Waals surface area contributed by atoms with Gasteiger partial charge in [0.2, 0.25) is 0 Å². The van der Waals surface area contributed by atoms with Crippen LogP contribution in [-0.4, -0.2) is 16.1 Å². The molecule has 3 nitrogen and oxygen atoms in total. The monoisotopic (exact) mass is 315 g/mol. The Kier molecular flexibility index (Phi) is 3.26. The molecule has 1 N–H and O–H groups in total. The number of carboxylic acid groups (broad SMARTS) is 1. The molecular formula is C11H7BrFNO2S. The minimum absolute atomic E-state index is 0.181. The number of benzene rings is 1. The van der Waals surface area contributed by atoms with E-state index in [2.05, 4.69) is 20.9 Å². The minimum Gasteiger partial charge on any atom is -0.477 e. The zero-order chi connectivity index (χ0) is 12.6. The quantitative estimate of drug-likeness (QED) is 0.919. The van der Waals surface area contributed by atoms with Gasteiger partial charge in [-0.3, -0.25) is 0 Å². The summed E-state index contributed by atoms with van der Waals surface area (Å²) in [7, 11) is 0. The van der Waals surface area contributed by atoms with Crippen molar-refractivity contribution < 1.29 is 14.3 Å². The Morgan fingerprint density at radius 1 is 1.47 bits per heavy atom. The zero-order valence-corrected chi connectivity index (χ0v) is 11.1. The van der Waals surface area contributed by atoms with Crippen molar-refractivity contribution in [3.05, 3.63) is 39.1 Å². The number of carbonyl (C=O) groups is 1. The van der Waals surface area contributed by atoms with Crippen LogP contribution in [0.5, 0.6) is 0 Å². The summed E-state index contributed by atoms with van der Waals surface area (Å²) in [6.07, 6.45) is 0. The molecule has 0 radical (unpaired) electrons. The molecule has 1 heterocycles. The summed E-state index contributed by atoms with van der Waals surface area (Å²) < 4.78 is 13.8. The summed E-state index contributed by atoms with van der Waals surface area (Å²) >= 11 is 4.22. The summed E-state index contributed by atoms with van der Waals surface area (Å²) in [6, 6.07) is 4.36. The van der Waals surface area contributed by atoms with Crippen molar-refractivity contribution in [2.24, 2.45) is 0 Å². The first-order chi connectivity index (χ1) is 7.97. The lowest BCUT2D eigenvalue weighted by molar-refractivity contribution is 0.0701. The first-order valence-electron chi connectivity index (χ1n) is 4.64. The van der Waals surface area contributed by atoms with Gasteiger partial charge in [-0.1, -0.05) is 15.9 Å². The number of halogens is 2. The number of aryl methyl sites for hydroxylation is 1. The van der Waals surface area contributed by atoms with Crippen LogP contribution in [-0.2, 0) is 0 Å². The Morgan fingerprint density at radius 3 is 2.71 bits per heavy atom. The Morgan fingerprint density at radius 2 is 2.18 bits per heavy atom. The van der Waals surface area contributed by atoms with Crippen molar-refractivity contribution in [2.45, 2.75) is 6.92 Å². The molecule has 2 aromatic rings. The Bertz CT molecular complexity index is 577. The molecule has 0 amide bonds. The number of carboxylic acids is 1. The number of hydrogen-bond donors (Lipinski definition) is 1. The average molecular weight is 316 g/mol. The number of aromatic carboxylic acids is 1. The fraction of sp³-hybridized carbons (Fsp3) is 0.0909. The molecule has 88 valence electrons. The summed E-state index contributed by atoms with van der Waals surface area (Å²) in [4.78, 5) is 15.2. The zero-order valence-electron chi connectivity index (χ0n) is 8.70. The molecule has 0 aliphatic heterocycles. The van der Waals surface area contributed by atoms with Crippen molar-refractivity contribution in [3.8, 4) is 10.6 Å². The van der Waals surface area contributed by atoms with Crippen LogP contribution in [0.1, 0.15) is 15.4 Å². The Balaban J connectivity index is 2.53. The highest BCUT2D eigenvalue weighted by molar-refractivity contribution is 9.10. The van der Waals surface area contributed by atoms with E-state index in [-0.39, 0.29) is 10.7 Å². The highest BCUT2D eigenvalue weighted by Gasteiger charge is 2.15. The Hall–Kier alpha value is -1.27. The van der Waals surface area contributed by atoms with Crippen LogP contribution >= 0.6 is 27.3 Å². The molecule has 2 rings (SSSR count). The minimum atomic E-state index is -1.01. The smallest absolute Gasteiger partial charge is 0.347 e. The molecule has 0 aliphatic rings. The van der Waals surface area contributed by atoms with E-state index in [1.165, 1.54) is 12.1 Å². The molecule has 0 unspecified atom stereocenters. The third-order valence-electron chi connectivity index (χ3n) is 2.10. The van der Waals surface area contributed by atoms with Gasteiger partial charge in [-0.2, -0.15) is 0 Å². The van der Waals surface area contributed by atoms with E-state index in [0.29, 0.717) is 20.7 Å². The van der Waals surface area contributed by atoms with E-state index in [1.54, 1.807) is 13.0 Å². The van der Waals surface area contributed by atoms with Crippen molar-refractivity contribution in [2.75, 3.05) is 0 Å². The van der Waals surface area contributed by atoms with Gasteiger partial charge in [-0.25, -0.2) is 14.2 Å². The van der Waals surface area contributed by atoms with E-state index in [4.69, 9.17) is 5.11 Å². The fourth-order valence-electron chi connectivity index (χ4n) is 1.40. The van der Waals surface area contributed by atoms with Crippen LogP contribution < -0.4 is 0 Å². The van der Waals surface area contributed by atoms with E-state index in [0.717, 1.165) is 11.3 Å². The number of rotatable bonds is 2. The molecule has 0 spiro atoms. The lowest BCUT2D eigenvalue weighted by Crippen LogP contribution is -1.94. The molecule has 0 fully saturated rings. The molecule has 0 saturated heterocycles. The normalized spacial score (nSPS) is 10.5. The molecule has 0 bridgehead atoms. The molecule has 0 saturated carbocycles. The van der Waals surface area contributed by atoms with Crippen LogP contribution in [0.3, 0.4) is 0 Å². The van der Waals surface area contributed by atoms with Gasteiger partial charge in [0.1, 0.15) is 15.7 Å². The largest absolute Gasteiger partial charge is 0.477 e. The maximum absolute atomic E-state index is 13.2. The van der Waals surface area contributed by atoms with E-state index in [1.807, 2.05) is 0 Å². The third kappa shape index (κ3) is 2.53. The molecule has 1 aromatic heterocycles. The number of hydrogen-bond acceptors (Lipinski definition) is 3. The van der Waals surface area contributed by atoms with Crippen molar-refractivity contribution in [1.29, 1.82) is 0 Å². The second-order valence-corrected chi connectivity index (χ2v) is 5.31. The van der Waals surface area contributed by atoms with Gasteiger partial charge in [0.15, 0.2) is 0 Å². The maximum atomic E-state index is 13.2. The van der Waals surface area contributed by atoms with Gasteiger partial charge in [0.05, 0.1) is 5.69 Å². The topological polar surface area (TPSA) is 50.2 Å². The van der Waals surface area contributed by atoms with Gasteiger partial charge in [-0.05, 0) is 25.1 Å². The summed E-state index contributed by atoms with van der Waals surface area (Å²) in [5, 5.41) is 9.42. The molecule has 1 aromatic carbocycles. The maximum Gasteiger partial charge on any atom is 0.347 e. The third-order valence-corrected chi connectivity index (χ3v) is 3.75. The van der Waals surface area contributed by atoms with Gasteiger partial charge in [-0.15, -0.1) is 11.3 Å². The van der Waals surface area contributed by atoms with E-state index >= 15 is 0 Å².